The Morgan fingerprint density at radius 2 is 2.11 bits per heavy atom. The van der Waals surface area contributed by atoms with Crippen LogP contribution < -0.4 is 0 Å². The zero-order chi connectivity index (χ0) is 13.2. The summed E-state index contributed by atoms with van der Waals surface area (Å²) in [5.74, 6) is 0. The van der Waals surface area contributed by atoms with E-state index in [1.165, 1.54) is 11.3 Å². The number of alkyl halides is 3. The summed E-state index contributed by atoms with van der Waals surface area (Å²) < 4.78 is 4.82. The van der Waals surface area contributed by atoms with Gasteiger partial charge in [-0.15, -0.1) is 11.3 Å². The lowest BCUT2D eigenvalue weighted by atomic mass is 10.3. The van der Waals surface area contributed by atoms with Crippen LogP contribution in [0, 0.1) is 0 Å². The van der Waals surface area contributed by atoms with Crippen LogP contribution >= 0.6 is 57.9 Å². The highest BCUT2D eigenvalue weighted by atomic mass is 35.6. The monoisotopic (exact) mass is 341 g/mol. The van der Waals surface area contributed by atoms with Crippen molar-refractivity contribution in [3.05, 3.63) is 24.3 Å². The third-order valence-corrected chi connectivity index (χ3v) is 4.01. The molecule has 0 aliphatic carbocycles. The van der Waals surface area contributed by atoms with Gasteiger partial charge in [0.2, 0.25) is 3.79 Å². The fourth-order valence-corrected chi connectivity index (χ4v) is 3.04. The van der Waals surface area contributed by atoms with Crippen molar-refractivity contribution in [1.29, 1.82) is 0 Å². The highest BCUT2D eigenvalue weighted by Gasteiger charge is 2.23. The molecule has 0 radical (unpaired) electrons. The molecule has 18 heavy (non-hydrogen) atoms. The fourth-order valence-electron chi connectivity index (χ4n) is 1.14. The van der Waals surface area contributed by atoms with Gasteiger partial charge >= 0.3 is 5.30 Å². The number of para-hydroxylation sites is 1. The van der Waals surface area contributed by atoms with Crippen LogP contribution in [0.3, 0.4) is 0 Å². The van der Waals surface area contributed by atoms with Gasteiger partial charge < -0.3 is 4.74 Å². The number of hydrogen-bond acceptors (Lipinski definition) is 5. The van der Waals surface area contributed by atoms with Crippen molar-refractivity contribution in [2.24, 2.45) is 0 Å². The first-order valence-electron chi connectivity index (χ1n) is 4.71. The normalized spacial score (nSPS) is 11.7. The predicted octanol–water partition coefficient (Wildman–Crippen LogP) is 4.90. The Kier molecular flexibility index (Phi) is 4.61. The summed E-state index contributed by atoms with van der Waals surface area (Å²) in [5, 5.41) is -0.541. The Labute approximate surface area is 126 Å². The van der Waals surface area contributed by atoms with Gasteiger partial charge in [-0.05, 0) is 12.1 Å². The molecule has 0 saturated heterocycles. The maximum atomic E-state index is 11.5. The van der Waals surface area contributed by atoms with E-state index in [1.54, 1.807) is 0 Å². The molecule has 1 aromatic heterocycles. The number of hydrogen-bond donors (Lipinski definition) is 0. The van der Waals surface area contributed by atoms with Crippen LogP contribution in [-0.4, -0.2) is 20.7 Å². The first-order valence-corrected chi connectivity index (χ1v) is 7.48. The molecule has 96 valence electrons. The largest absolute Gasteiger partial charge is 0.453 e. The molecule has 0 N–H and O–H groups in total. The first kappa shape index (κ1) is 14.2. The summed E-state index contributed by atoms with van der Waals surface area (Å²) >= 11 is 18.7. The van der Waals surface area contributed by atoms with E-state index in [1.807, 2.05) is 24.3 Å². The Balaban J connectivity index is 1.99. The molecular weight excluding hydrogens is 337 g/mol. The zero-order valence-corrected chi connectivity index (χ0v) is 12.6. The molecular formula is C10H6Cl3NO2S2. The number of thioether (sulfide) groups is 1. The van der Waals surface area contributed by atoms with Crippen LogP contribution in [0.1, 0.15) is 0 Å². The lowest BCUT2D eigenvalue weighted by Gasteiger charge is -2.09. The van der Waals surface area contributed by atoms with E-state index in [0.717, 1.165) is 22.0 Å². The number of benzene rings is 1. The van der Waals surface area contributed by atoms with Gasteiger partial charge in [-0.2, -0.15) is 0 Å². The predicted molar refractivity (Wildman–Crippen MR) is 77.1 cm³/mol. The van der Waals surface area contributed by atoms with Crippen molar-refractivity contribution in [3.63, 3.8) is 0 Å². The number of carbonyl (C=O) groups excluding carboxylic acids is 1. The SMILES string of the molecule is O=C(OCC(Cl)(Cl)Cl)Sc1nc2ccccc2s1. The van der Waals surface area contributed by atoms with Crippen molar-refractivity contribution in [2.75, 3.05) is 6.61 Å². The Morgan fingerprint density at radius 3 is 2.78 bits per heavy atom. The molecule has 0 saturated carbocycles. The molecule has 0 atom stereocenters. The number of carbonyl (C=O) groups is 1. The molecule has 0 bridgehead atoms. The number of halogens is 3. The summed E-state index contributed by atoms with van der Waals surface area (Å²) in [6.45, 7) is -0.283. The Bertz CT molecular complexity index is 534. The van der Waals surface area contributed by atoms with Crippen molar-refractivity contribution in [1.82, 2.24) is 4.98 Å². The van der Waals surface area contributed by atoms with E-state index in [4.69, 9.17) is 39.5 Å². The van der Waals surface area contributed by atoms with Gasteiger partial charge in [0, 0.05) is 11.8 Å². The molecule has 0 aliphatic rings. The average Bonchev–Trinajstić information content (AvgIpc) is 2.67. The number of aromatic nitrogens is 1. The van der Waals surface area contributed by atoms with Crippen LogP contribution in [0.15, 0.2) is 28.6 Å². The number of nitrogens with zero attached hydrogens (tertiary/aromatic N) is 1. The number of thiazole rings is 1. The number of rotatable bonds is 2. The quantitative estimate of drug-likeness (QED) is 0.442. The summed E-state index contributed by atoms with van der Waals surface area (Å²) in [7, 11) is 0. The highest BCUT2D eigenvalue weighted by Crippen LogP contribution is 2.31. The second kappa shape index (κ2) is 5.84. The molecule has 1 aromatic carbocycles. The van der Waals surface area contributed by atoms with Gasteiger partial charge in [-0.1, -0.05) is 46.9 Å². The van der Waals surface area contributed by atoms with Crippen LogP contribution in [0.25, 0.3) is 10.2 Å². The summed E-state index contributed by atoms with van der Waals surface area (Å²) in [6.07, 6.45) is 0. The minimum absolute atomic E-state index is 0.283. The van der Waals surface area contributed by atoms with E-state index in [0.29, 0.717) is 4.34 Å². The maximum absolute atomic E-state index is 11.5. The summed E-state index contributed by atoms with van der Waals surface area (Å²) in [6, 6.07) is 7.61. The molecule has 0 unspecified atom stereocenters. The molecule has 3 nitrogen and oxygen atoms in total. The van der Waals surface area contributed by atoms with Gasteiger partial charge in [0.05, 0.1) is 10.2 Å². The highest BCUT2D eigenvalue weighted by molar-refractivity contribution is 8.14. The second-order valence-corrected chi connectivity index (χ2v) is 7.93. The molecule has 1 heterocycles. The zero-order valence-electron chi connectivity index (χ0n) is 8.73. The summed E-state index contributed by atoms with van der Waals surface area (Å²) in [4.78, 5) is 15.7. The molecule has 2 rings (SSSR count). The third-order valence-electron chi connectivity index (χ3n) is 1.80. The van der Waals surface area contributed by atoms with Crippen molar-refractivity contribution >= 4 is 73.4 Å². The standard InChI is InChI=1S/C10H6Cl3NO2S2/c11-10(12,13)5-16-9(15)18-8-14-6-3-1-2-4-7(6)17-8/h1-4H,5H2. The van der Waals surface area contributed by atoms with Crippen LogP contribution in [0.4, 0.5) is 4.79 Å². The van der Waals surface area contributed by atoms with E-state index in [-0.39, 0.29) is 6.61 Å². The van der Waals surface area contributed by atoms with Crippen LogP contribution in [0.2, 0.25) is 0 Å². The van der Waals surface area contributed by atoms with Gasteiger partial charge in [0.25, 0.3) is 0 Å². The molecule has 0 spiro atoms. The van der Waals surface area contributed by atoms with Crippen LogP contribution in [-0.2, 0) is 4.74 Å². The van der Waals surface area contributed by atoms with E-state index in [9.17, 15) is 4.79 Å². The Hall–Kier alpha value is -0.200. The van der Waals surface area contributed by atoms with E-state index in [2.05, 4.69) is 4.98 Å². The lowest BCUT2D eigenvalue weighted by molar-refractivity contribution is 0.177. The average molecular weight is 343 g/mol. The van der Waals surface area contributed by atoms with Crippen LogP contribution in [0.5, 0.6) is 0 Å². The lowest BCUT2D eigenvalue weighted by Crippen LogP contribution is -2.14. The molecule has 8 heteroatoms. The van der Waals surface area contributed by atoms with Crippen molar-refractivity contribution in [3.8, 4) is 0 Å². The smallest absolute Gasteiger partial charge is 0.374 e. The topological polar surface area (TPSA) is 39.2 Å². The van der Waals surface area contributed by atoms with Crippen molar-refractivity contribution < 1.29 is 9.53 Å². The first-order chi connectivity index (χ1) is 8.44. The van der Waals surface area contributed by atoms with Gasteiger partial charge in [0.1, 0.15) is 6.61 Å². The van der Waals surface area contributed by atoms with E-state index >= 15 is 0 Å². The molecule has 0 amide bonds. The minimum Gasteiger partial charge on any atom is -0.453 e. The van der Waals surface area contributed by atoms with Gasteiger partial charge in [-0.25, -0.2) is 9.78 Å². The molecule has 0 fully saturated rings. The van der Waals surface area contributed by atoms with Gasteiger partial charge in [0.15, 0.2) is 4.34 Å². The Morgan fingerprint density at radius 1 is 1.39 bits per heavy atom. The summed E-state index contributed by atoms with van der Waals surface area (Å²) in [5.41, 5.74) is 0.846. The maximum Gasteiger partial charge on any atom is 0.374 e. The number of ether oxygens (including phenoxy) is 1. The number of fused-ring (bicyclic) bond motifs is 1. The molecule has 0 aliphatic heterocycles. The fraction of sp³-hybridized carbons (Fsp3) is 0.200. The van der Waals surface area contributed by atoms with Gasteiger partial charge in [-0.3, -0.25) is 0 Å². The minimum atomic E-state index is -1.59. The molecule has 2 aromatic rings. The second-order valence-electron chi connectivity index (χ2n) is 3.20. The van der Waals surface area contributed by atoms with E-state index < -0.39 is 9.09 Å². The third kappa shape index (κ3) is 4.17. The van der Waals surface area contributed by atoms with Crippen molar-refractivity contribution in [2.45, 2.75) is 8.13 Å².